The fourth-order valence-corrected chi connectivity index (χ4v) is 5.80. The number of halogens is 4. The molecule has 1 aromatic rings. The predicted octanol–water partition coefficient (Wildman–Crippen LogP) is 2.99. The Morgan fingerprint density at radius 1 is 1.34 bits per heavy atom. The van der Waals surface area contributed by atoms with Gasteiger partial charge in [0.2, 0.25) is 0 Å². The molecule has 0 N–H and O–H groups in total. The third-order valence-corrected chi connectivity index (χ3v) is 8.03. The molecule has 1 spiro atoms. The van der Waals surface area contributed by atoms with E-state index in [0.29, 0.717) is 21.3 Å². The van der Waals surface area contributed by atoms with E-state index < -0.39 is 58.2 Å². The summed E-state index contributed by atoms with van der Waals surface area (Å²) < 4.78 is 88.4. The van der Waals surface area contributed by atoms with E-state index in [4.69, 9.17) is 14.2 Å². The first-order valence-corrected chi connectivity index (χ1v) is 12.2. The fourth-order valence-electron chi connectivity index (χ4n) is 4.68. The second kappa shape index (κ2) is 8.01. The summed E-state index contributed by atoms with van der Waals surface area (Å²) in [6.45, 7) is -0.804. The fraction of sp³-hybridized carbons (Fsp3) is 0.579. The summed E-state index contributed by atoms with van der Waals surface area (Å²) in [5, 5.41) is -5.10. The van der Waals surface area contributed by atoms with Gasteiger partial charge in [-0.1, -0.05) is 6.07 Å². The molecule has 13 heteroatoms. The van der Waals surface area contributed by atoms with Crippen molar-refractivity contribution in [2.24, 2.45) is 17.8 Å². The highest BCUT2D eigenvalue weighted by molar-refractivity contribution is 14.1. The molecule has 4 rings (SSSR count). The third kappa shape index (κ3) is 3.85. The molecule has 5 unspecified atom stereocenters. The Bertz CT molecular complexity index is 1060. The standard InChI is InChI=1S/C19H18F3IO8S/c20-14(19(21,22)32(26,27)28)4-5-29-16(24)11-7-10-6-9(11)8-18(10)30-13-3-1-2-12(23)15(13)17(25)31-18/h1-3,9-11,14H,4-8H2,(H,26,27,28)/p-1. The van der Waals surface area contributed by atoms with Crippen LogP contribution in [0.15, 0.2) is 18.2 Å². The highest BCUT2D eigenvalue weighted by Crippen LogP contribution is 2.58. The number of hydrogen-bond acceptors (Lipinski definition) is 8. The zero-order valence-electron chi connectivity index (χ0n) is 16.3. The van der Waals surface area contributed by atoms with Gasteiger partial charge in [0.15, 0.2) is 16.3 Å². The summed E-state index contributed by atoms with van der Waals surface area (Å²) in [7, 11) is -6.17. The van der Waals surface area contributed by atoms with Crippen LogP contribution in [0.3, 0.4) is 0 Å². The summed E-state index contributed by atoms with van der Waals surface area (Å²) >= 11 is 2.01. The molecule has 32 heavy (non-hydrogen) atoms. The average molecular weight is 589 g/mol. The molecule has 2 saturated carbocycles. The Hall–Kier alpha value is -1.61. The minimum Gasteiger partial charge on any atom is -0.743 e. The van der Waals surface area contributed by atoms with Gasteiger partial charge in [0.25, 0.3) is 5.79 Å². The largest absolute Gasteiger partial charge is 0.743 e. The maximum absolute atomic E-state index is 13.5. The van der Waals surface area contributed by atoms with Crippen molar-refractivity contribution in [3.8, 4) is 5.75 Å². The normalized spacial score (nSPS) is 29.9. The van der Waals surface area contributed by atoms with E-state index >= 15 is 0 Å². The minimum atomic E-state index is -6.17. The van der Waals surface area contributed by atoms with Crippen LogP contribution in [-0.4, -0.2) is 48.7 Å². The Morgan fingerprint density at radius 3 is 2.69 bits per heavy atom. The van der Waals surface area contributed by atoms with Crippen molar-refractivity contribution < 1.29 is 49.9 Å². The van der Waals surface area contributed by atoms with Crippen molar-refractivity contribution in [2.75, 3.05) is 6.61 Å². The number of benzene rings is 1. The van der Waals surface area contributed by atoms with Crippen molar-refractivity contribution in [1.82, 2.24) is 0 Å². The molecule has 0 aromatic heterocycles. The number of ether oxygens (including phenoxy) is 3. The minimum absolute atomic E-state index is 0.242. The van der Waals surface area contributed by atoms with Crippen LogP contribution in [0.2, 0.25) is 0 Å². The summed E-state index contributed by atoms with van der Waals surface area (Å²) in [5.41, 5.74) is 0.343. The Kier molecular flexibility index (Phi) is 5.89. The summed E-state index contributed by atoms with van der Waals surface area (Å²) in [5.74, 6) is -3.20. The van der Waals surface area contributed by atoms with Crippen molar-refractivity contribution >= 4 is 44.6 Å². The van der Waals surface area contributed by atoms with Gasteiger partial charge in [-0.2, -0.15) is 8.78 Å². The monoisotopic (exact) mass is 589 g/mol. The lowest BCUT2D eigenvalue weighted by Crippen LogP contribution is -2.50. The lowest BCUT2D eigenvalue weighted by molar-refractivity contribution is -0.193. The smallest absolute Gasteiger partial charge is 0.364 e. The summed E-state index contributed by atoms with van der Waals surface area (Å²) in [6, 6.07) is 5.17. The summed E-state index contributed by atoms with van der Waals surface area (Å²) in [4.78, 5) is 24.9. The number of alkyl halides is 3. The molecule has 2 bridgehead atoms. The number of carbonyl (C=O) groups excluding carboxylic acids is 2. The molecule has 5 atom stereocenters. The molecule has 176 valence electrons. The number of rotatable bonds is 6. The van der Waals surface area contributed by atoms with Crippen molar-refractivity contribution in [3.63, 3.8) is 0 Å². The number of fused-ring (bicyclic) bond motifs is 4. The van der Waals surface area contributed by atoms with Crippen LogP contribution in [-0.2, 0) is 24.4 Å². The Labute approximate surface area is 194 Å². The third-order valence-electron chi connectivity index (χ3n) is 6.21. The quantitative estimate of drug-likeness (QED) is 0.283. The maximum Gasteiger partial charge on any atom is 0.364 e. The molecule has 1 aromatic carbocycles. The van der Waals surface area contributed by atoms with Gasteiger partial charge >= 0.3 is 17.2 Å². The van der Waals surface area contributed by atoms with Gasteiger partial charge < -0.3 is 18.8 Å². The molecule has 0 saturated heterocycles. The van der Waals surface area contributed by atoms with Crippen LogP contribution < -0.4 is 4.74 Å². The van der Waals surface area contributed by atoms with Gasteiger partial charge in [0, 0.05) is 22.3 Å². The predicted molar refractivity (Wildman–Crippen MR) is 107 cm³/mol. The van der Waals surface area contributed by atoms with Gasteiger partial charge in [-0.3, -0.25) is 4.79 Å². The molecule has 0 radical (unpaired) electrons. The van der Waals surface area contributed by atoms with Gasteiger partial charge in [-0.15, -0.1) is 0 Å². The Balaban J connectivity index is 1.35. The molecular formula is C19H17F3IO8S-. The number of carbonyl (C=O) groups is 2. The van der Waals surface area contributed by atoms with Crippen molar-refractivity contribution in [2.45, 2.75) is 42.9 Å². The molecule has 1 aliphatic heterocycles. The number of hydrogen-bond donors (Lipinski definition) is 0. The molecule has 2 aliphatic carbocycles. The SMILES string of the molecule is O=C1OC2(CC3CC2CC3C(=O)OCCC(F)C(F)(F)S(=O)(=O)[O-])Oc2cccc(I)c21. The van der Waals surface area contributed by atoms with Crippen molar-refractivity contribution in [1.29, 1.82) is 0 Å². The molecule has 8 nitrogen and oxygen atoms in total. The molecular weight excluding hydrogens is 572 g/mol. The molecule has 3 aliphatic rings. The van der Waals surface area contributed by atoms with Crippen LogP contribution in [0.5, 0.6) is 5.75 Å². The number of esters is 2. The highest BCUT2D eigenvalue weighted by Gasteiger charge is 2.63. The summed E-state index contributed by atoms with van der Waals surface area (Å²) in [6.07, 6.45) is -3.41. The molecule has 1 heterocycles. The van der Waals surface area contributed by atoms with Crippen LogP contribution in [0.1, 0.15) is 36.0 Å². The first-order chi connectivity index (χ1) is 14.9. The van der Waals surface area contributed by atoms with Gasteiger partial charge in [0.05, 0.1) is 12.5 Å². The van der Waals surface area contributed by atoms with Gasteiger partial charge in [0.1, 0.15) is 11.3 Å². The van der Waals surface area contributed by atoms with Crippen molar-refractivity contribution in [3.05, 3.63) is 27.3 Å². The van der Waals surface area contributed by atoms with Crippen LogP contribution in [0.4, 0.5) is 13.2 Å². The lowest BCUT2D eigenvalue weighted by Gasteiger charge is -2.41. The van der Waals surface area contributed by atoms with Crippen LogP contribution >= 0.6 is 22.6 Å². The van der Waals surface area contributed by atoms with E-state index in [9.17, 15) is 35.7 Å². The first-order valence-electron chi connectivity index (χ1n) is 9.70. The molecule has 2 fully saturated rings. The van der Waals surface area contributed by atoms with Crippen LogP contribution in [0.25, 0.3) is 0 Å². The maximum atomic E-state index is 13.5. The zero-order chi connectivity index (χ0) is 23.5. The Morgan fingerprint density at radius 2 is 2.06 bits per heavy atom. The second-order valence-corrected chi connectivity index (χ2v) is 10.7. The second-order valence-electron chi connectivity index (χ2n) is 8.10. The zero-order valence-corrected chi connectivity index (χ0v) is 19.2. The topological polar surface area (TPSA) is 119 Å². The lowest BCUT2D eigenvalue weighted by atomic mass is 9.84. The van der Waals surface area contributed by atoms with E-state index in [1.165, 1.54) is 0 Å². The van der Waals surface area contributed by atoms with E-state index in [2.05, 4.69) is 0 Å². The average Bonchev–Trinajstić information content (AvgIpc) is 3.24. The van der Waals surface area contributed by atoms with Gasteiger partial charge in [-0.05, 0) is 53.5 Å². The first kappa shape index (κ1) is 23.5. The van der Waals surface area contributed by atoms with E-state index in [0.717, 1.165) is 0 Å². The van der Waals surface area contributed by atoms with Gasteiger partial charge in [-0.25, -0.2) is 17.6 Å². The van der Waals surface area contributed by atoms with E-state index in [-0.39, 0.29) is 24.7 Å². The highest BCUT2D eigenvalue weighted by atomic mass is 127. The molecule has 0 amide bonds. The van der Waals surface area contributed by atoms with E-state index in [1.54, 1.807) is 18.2 Å². The van der Waals surface area contributed by atoms with E-state index in [1.807, 2.05) is 22.6 Å². The van der Waals surface area contributed by atoms with Crippen LogP contribution in [0, 0.1) is 21.3 Å².